The molecule has 32 heavy (non-hydrogen) atoms. The second-order valence-electron chi connectivity index (χ2n) is 7.12. The number of sulfonamides is 1. The van der Waals surface area contributed by atoms with E-state index in [0.29, 0.717) is 16.7 Å². The number of hydrogen-bond acceptors (Lipinski definition) is 5. The van der Waals surface area contributed by atoms with E-state index in [1.54, 1.807) is 36.4 Å². The van der Waals surface area contributed by atoms with E-state index >= 15 is 0 Å². The lowest BCUT2D eigenvalue weighted by Gasteiger charge is -2.09. The van der Waals surface area contributed by atoms with Crippen molar-refractivity contribution < 1.29 is 22.4 Å². The molecular weight excluding hydrogens is 430 g/mol. The highest BCUT2D eigenvalue weighted by Crippen LogP contribution is 2.31. The van der Waals surface area contributed by atoms with Crippen LogP contribution >= 0.6 is 0 Å². The summed E-state index contributed by atoms with van der Waals surface area (Å²) < 4.78 is 33.0. The summed E-state index contributed by atoms with van der Waals surface area (Å²) in [5.41, 5.74) is 7.48. The van der Waals surface area contributed by atoms with Crippen molar-refractivity contribution in [1.82, 2.24) is 0 Å². The molecule has 0 saturated heterocycles. The van der Waals surface area contributed by atoms with Gasteiger partial charge in [0.05, 0.1) is 4.90 Å². The Hall–Kier alpha value is -4.11. The molecule has 1 heterocycles. The van der Waals surface area contributed by atoms with Crippen LogP contribution in [0.25, 0.3) is 11.0 Å². The highest BCUT2D eigenvalue weighted by atomic mass is 32.2. The highest BCUT2D eigenvalue weighted by molar-refractivity contribution is 7.92. The molecule has 9 heteroatoms. The van der Waals surface area contributed by atoms with E-state index in [1.165, 1.54) is 36.4 Å². The number of rotatable bonds is 6. The zero-order valence-electron chi connectivity index (χ0n) is 17.0. The van der Waals surface area contributed by atoms with Crippen LogP contribution in [0.4, 0.5) is 11.4 Å². The first-order valence-electron chi connectivity index (χ1n) is 9.57. The maximum Gasteiger partial charge on any atom is 0.286 e. The lowest BCUT2D eigenvalue weighted by molar-refractivity contribution is 0.0977. The van der Waals surface area contributed by atoms with Crippen molar-refractivity contribution in [2.45, 2.75) is 11.8 Å². The lowest BCUT2D eigenvalue weighted by Crippen LogP contribution is -2.17. The van der Waals surface area contributed by atoms with Crippen LogP contribution in [-0.4, -0.2) is 20.2 Å². The Bertz CT molecular complexity index is 1420. The number of hydrogen-bond donors (Lipinski definition) is 3. The number of nitrogens with two attached hydrogens (primary N) is 1. The van der Waals surface area contributed by atoms with Gasteiger partial charge in [-0.15, -0.1) is 0 Å². The van der Waals surface area contributed by atoms with Crippen LogP contribution < -0.4 is 15.8 Å². The Kier molecular flexibility index (Phi) is 5.41. The summed E-state index contributed by atoms with van der Waals surface area (Å²) in [6.45, 7) is 1.87. The summed E-state index contributed by atoms with van der Waals surface area (Å²) in [6.07, 6.45) is 0. The SMILES string of the molecule is Cc1ccc(S(=O)(=O)Nc2ccc(C(=O)Nc3c(C(N)=O)oc4ccccc34)cc2)cc1. The van der Waals surface area contributed by atoms with Crippen molar-refractivity contribution in [3.05, 3.63) is 89.7 Å². The Morgan fingerprint density at radius 1 is 0.906 bits per heavy atom. The van der Waals surface area contributed by atoms with Gasteiger partial charge >= 0.3 is 0 Å². The third-order valence-electron chi connectivity index (χ3n) is 4.79. The van der Waals surface area contributed by atoms with Gasteiger partial charge in [-0.25, -0.2) is 8.42 Å². The van der Waals surface area contributed by atoms with Gasteiger partial charge in [0, 0.05) is 16.6 Å². The molecule has 0 bridgehead atoms. The highest BCUT2D eigenvalue weighted by Gasteiger charge is 2.21. The van der Waals surface area contributed by atoms with E-state index in [0.717, 1.165) is 5.56 Å². The van der Waals surface area contributed by atoms with Gasteiger partial charge in [-0.1, -0.05) is 29.8 Å². The number of carbonyl (C=O) groups excluding carboxylic acids is 2. The van der Waals surface area contributed by atoms with Crippen LogP contribution in [0.3, 0.4) is 0 Å². The molecular formula is C23H19N3O5S. The molecule has 162 valence electrons. The summed E-state index contributed by atoms with van der Waals surface area (Å²) in [5, 5.41) is 3.20. The van der Waals surface area contributed by atoms with Crippen molar-refractivity contribution in [2.24, 2.45) is 5.73 Å². The largest absolute Gasteiger partial charge is 0.449 e. The van der Waals surface area contributed by atoms with Gasteiger partial charge in [0.1, 0.15) is 11.3 Å². The molecule has 0 spiro atoms. The molecule has 0 aliphatic carbocycles. The number of primary amides is 1. The molecule has 1 aromatic heterocycles. The molecule has 0 aliphatic rings. The van der Waals surface area contributed by atoms with Gasteiger partial charge in [0.25, 0.3) is 21.8 Å². The van der Waals surface area contributed by atoms with E-state index in [4.69, 9.17) is 10.2 Å². The maximum atomic E-state index is 12.7. The average molecular weight is 449 g/mol. The summed E-state index contributed by atoms with van der Waals surface area (Å²) in [7, 11) is -3.76. The Morgan fingerprint density at radius 2 is 1.56 bits per heavy atom. The molecule has 0 unspecified atom stereocenters. The number of anilines is 2. The van der Waals surface area contributed by atoms with Crippen LogP contribution in [0, 0.1) is 6.92 Å². The number of nitrogens with one attached hydrogen (secondary N) is 2. The number of para-hydroxylation sites is 1. The fraction of sp³-hybridized carbons (Fsp3) is 0.0435. The fourth-order valence-electron chi connectivity index (χ4n) is 3.15. The monoisotopic (exact) mass is 449 g/mol. The zero-order valence-corrected chi connectivity index (χ0v) is 17.8. The molecule has 0 aliphatic heterocycles. The quantitative estimate of drug-likeness (QED) is 0.411. The van der Waals surface area contributed by atoms with Crippen molar-refractivity contribution in [3.63, 3.8) is 0 Å². The Balaban J connectivity index is 1.54. The van der Waals surface area contributed by atoms with Gasteiger partial charge in [-0.2, -0.15) is 0 Å². The Morgan fingerprint density at radius 3 is 2.22 bits per heavy atom. The molecule has 4 rings (SSSR count). The maximum absolute atomic E-state index is 12.7. The lowest BCUT2D eigenvalue weighted by atomic mass is 10.1. The van der Waals surface area contributed by atoms with Gasteiger partial charge < -0.3 is 15.5 Å². The molecule has 0 atom stereocenters. The number of amides is 2. The number of furan rings is 1. The second kappa shape index (κ2) is 8.20. The minimum absolute atomic E-state index is 0.135. The molecule has 4 aromatic rings. The predicted molar refractivity (Wildman–Crippen MR) is 121 cm³/mol. The van der Waals surface area contributed by atoms with E-state index in [-0.39, 0.29) is 21.9 Å². The molecule has 3 aromatic carbocycles. The summed E-state index contributed by atoms with van der Waals surface area (Å²) in [5.74, 6) is -1.47. The predicted octanol–water partition coefficient (Wildman–Crippen LogP) is 3.89. The van der Waals surface area contributed by atoms with Crippen molar-refractivity contribution in [3.8, 4) is 0 Å². The van der Waals surface area contributed by atoms with Gasteiger partial charge in [0.15, 0.2) is 0 Å². The average Bonchev–Trinajstić information content (AvgIpc) is 3.13. The molecule has 0 saturated carbocycles. The molecule has 2 amide bonds. The van der Waals surface area contributed by atoms with Crippen LogP contribution in [0.1, 0.15) is 26.5 Å². The third-order valence-corrected chi connectivity index (χ3v) is 6.19. The van der Waals surface area contributed by atoms with Crippen molar-refractivity contribution in [2.75, 3.05) is 10.0 Å². The zero-order chi connectivity index (χ0) is 22.9. The minimum atomic E-state index is -3.76. The fourth-order valence-corrected chi connectivity index (χ4v) is 4.21. The van der Waals surface area contributed by atoms with Crippen molar-refractivity contribution >= 4 is 44.2 Å². The van der Waals surface area contributed by atoms with E-state index in [1.807, 2.05) is 6.92 Å². The first-order chi connectivity index (χ1) is 15.2. The summed E-state index contributed by atoms with van der Waals surface area (Å²) in [6, 6.07) is 19.2. The number of aryl methyl sites for hydroxylation is 1. The molecule has 0 radical (unpaired) electrons. The van der Waals surface area contributed by atoms with Crippen LogP contribution in [0.5, 0.6) is 0 Å². The first-order valence-corrected chi connectivity index (χ1v) is 11.1. The van der Waals surface area contributed by atoms with Gasteiger partial charge in [-0.05, 0) is 55.5 Å². The molecule has 4 N–H and O–H groups in total. The van der Waals surface area contributed by atoms with E-state index in [9.17, 15) is 18.0 Å². The number of benzene rings is 3. The van der Waals surface area contributed by atoms with Gasteiger partial charge in [0.2, 0.25) is 5.76 Å². The smallest absolute Gasteiger partial charge is 0.286 e. The van der Waals surface area contributed by atoms with Gasteiger partial charge in [-0.3, -0.25) is 14.3 Å². The standard InChI is InChI=1S/C23H19N3O5S/c1-14-6-12-17(13-7-14)32(29,30)26-16-10-8-15(9-11-16)23(28)25-20-18-4-2-3-5-19(18)31-21(20)22(24)27/h2-13,26H,1H3,(H2,24,27)(H,25,28). The first kappa shape index (κ1) is 21.1. The third kappa shape index (κ3) is 4.19. The van der Waals surface area contributed by atoms with Crippen LogP contribution in [0.15, 0.2) is 82.1 Å². The van der Waals surface area contributed by atoms with Crippen LogP contribution in [0.2, 0.25) is 0 Å². The number of carbonyl (C=O) groups is 2. The minimum Gasteiger partial charge on any atom is -0.449 e. The number of fused-ring (bicyclic) bond motifs is 1. The van der Waals surface area contributed by atoms with Crippen LogP contribution in [-0.2, 0) is 10.0 Å². The van der Waals surface area contributed by atoms with E-state index in [2.05, 4.69) is 10.0 Å². The summed E-state index contributed by atoms with van der Waals surface area (Å²) in [4.78, 5) is 24.6. The second-order valence-corrected chi connectivity index (χ2v) is 8.80. The molecule has 8 nitrogen and oxygen atoms in total. The topological polar surface area (TPSA) is 132 Å². The summed E-state index contributed by atoms with van der Waals surface area (Å²) >= 11 is 0. The Labute approximate surface area is 184 Å². The normalized spacial score (nSPS) is 11.3. The molecule has 0 fully saturated rings. The van der Waals surface area contributed by atoms with E-state index < -0.39 is 21.8 Å². The van der Waals surface area contributed by atoms with Crippen molar-refractivity contribution in [1.29, 1.82) is 0 Å².